The first-order chi connectivity index (χ1) is 13.4. The first-order valence-corrected chi connectivity index (χ1v) is 10.8. The van der Waals surface area contributed by atoms with Gasteiger partial charge in [-0.15, -0.1) is 11.3 Å². The second kappa shape index (κ2) is 7.95. The van der Waals surface area contributed by atoms with E-state index in [1.54, 1.807) is 39.8 Å². The van der Waals surface area contributed by atoms with Gasteiger partial charge < -0.3 is 9.84 Å². The van der Waals surface area contributed by atoms with Crippen molar-refractivity contribution >= 4 is 55.1 Å². The summed E-state index contributed by atoms with van der Waals surface area (Å²) in [6, 6.07) is 5.15. The summed E-state index contributed by atoms with van der Waals surface area (Å²) in [5.41, 5.74) is 1.09. The van der Waals surface area contributed by atoms with E-state index in [0.29, 0.717) is 22.4 Å². The topological polar surface area (TPSA) is 59.4 Å². The van der Waals surface area contributed by atoms with Gasteiger partial charge in [0, 0.05) is 32.6 Å². The highest BCUT2D eigenvalue weighted by Crippen LogP contribution is 2.45. The number of rotatable bonds is 4. The molecule has 1 atom stereocenters. The van der Waals surface area contributed by atoms with Gasteiger partial charge in [-0.3, -0.25) is 0 Å². The van der Waals surface area contributed by atoms with E-state index < -0.39 is 23.5 Å². The highest BCUT2D eigenvalue weighted by molar-refractivity contribution is 9.10. The molecule has 3 rings (SSSR count). The first kappa shape index (κ1) is 22.2. The Hall–Kier alpha value is -1.54. The van der Waals surface area contributed by atoms with Gasteiger partial charge in [0.1, 0.15) is 4.83 Å². The van der Waals surface area contributed by atoms with Crippen molar-refractivity contribution in [1.29, 1.82) is 0 Å². The highest BCUT2D eigenvalue weighted by Gasteiger charge is 2.33. The molecule has 0 aliphatic heterocycles. The van der Waals surface area contributed by atoms with Gasteiger partial charge in [-0.1, -0.05) is 17.7 Å². The highest BCUT2D eigenvalue weighted by atomic mass is 79.9. The molecule has 2 aromatic heterocycles. The van der Waals surface area contributed by atoms with Crippen LogP contribution in [0.25, 0.3) is 21.3 Å². The largest absolute Gasteiger partial charge is 0.479 e. The molecule has 29 heavy (non-hydrogen) atoms. The second-order valence-corrected chi connectivity index (χ2v) is 10.2. The summed E-state index contributed by atoms with van der Waals surface area (Å²) in [4.78, 5) is 18.5. The number of carbonyl (C=O) groups is 1. The van der Waals surface area contributed by atoms with E-state index in [1.807, 2.05) is 13.0 Å². The first-order valence-electron chi connectivity index (χ1n) is 8.86. The summed E-state index contributed by atoms with van der Waals surface area (Å²) < 4.78 is 20.7. The minimum Gasteiger partial charge on any atom is -0.479 e. The average molecular weight is 501 g/mol. The normalized spacial score (nSPS) is 13.1. The average Bonchev–Trinajstić information content (AvgIpc) is 2.96. The van der Waals surface area contributed by atoms with Gasteiger partial charge in [0.2, 0.25) is 0 Å². The smallest absolute Gasteiger partial charge is 0.337 e. The monoisotopic (exact) mass is 499 g/mol. The molecule has 0 saturated carbocycles. The second-order valence-electron chi connectivity index (χ2n) is 7.73. The van der Waals surface area contributed by atoms with Crippen LogP contribution in [0.15, 0.2) is 22.7 Å². The molecule has 0 radical (unpaired) electrons. The number of fused-ring (bicyclic) bond motifs is 1. The summed E-state index contributed by atoms with van der Waals surface area (Å²) >= 11 is 11.0. The zero-order chi connectivity index (χ0) is 21.7. The molecule has 1 aromatic carbocycles. The van der Waals surface area contributed by atoms with Crippen LogP contribution in [0.4, 0.5) is 4.39 Å². The molecule has 2 heterocycles. The third-order valence-corrected chi connectivity index (χ3v) is 6.22. The van der Waals surface area contributed by atoms with Crippen LogP contribution in [0, 0.1) is 19.7 Å². The number of thiophene rings is 1. The standard InChI is InChI=1S/C21H20BrClFNO3S/c1-9-8-12-15(11-6-7-13(22)17(24)16(11)23)14(10(2)25-19(12)29-9)18(20(26)27)28-21(3,4)5/h6-8,18H,1-5H3,(H,26,27)/t18-/m0/s1. The number of hydrogen-bond donors (Lipinski definition) is 1. The summed E-state index contributed by atoms with van der Waals surface area (Å²) in [7, 11) is 0. The van der Waals surface area contributed by atoms with Crippen LogP contribution in [0.2, 0.25) is 5.02 Å². The lowest BCUT2D eigenvalue weighted by molar-refractivity contribution is -0.160. The van der Waals surface area contributed by atoms with Gasteiger partial charge in [-0.2, -0.15) is 0 Å². The molecule has 1 N–H and O–H groups in total. The van der Waals surface area contributed by atoms with Gasteiger partial charge in [-0.25, -0.2) is 14.2 Å². The minimum atomic E-state index is -1.29. The molecule has 0 spiro atoms. The van der Waals surface area contributed by atoms with Gasteiger partial charge >= 0.3 is 5.97 Å². The maximum atomic E-state index is 14.6. The summed E-state index contributed by atoms with van der Waals surface area (Å²) in [5.74, 6) is -1.75. The molecule has 4 nitrogen and oxygen atoms in total. The maximum absolute atomic E-state index is 14.6. The number of pyridine rings is 1. The molecular formula is C21H20BrClFNO3S. The van der Waals surface area contributed by atoms with E-state index in [0.717, 1.165) is 15.1 Å². The third-order valence-electron chi connectivity index (χ3n) is 4.30. The number of carboxylic acid groups (broad SMARTS) is 1. The van der Waals surface area contributed by atoms with Crippen LogP contribution in [-0.4, -0.2) is 21.7 Å². The maximum Gasteiger partial charge on any atom is 0.337 e. The minimum absolute atomic E-state index is 0.0868. The molecule has 154 valence electrons. The molecule has 0 saturated heterocycles. The van der Waals surface area contributed by atoms with Gasteiger partial charge in [0.05, 0.1) is 15.1 Å². The Kier molecular flexibility index (Phi) is 6.07. The van der Waals surface area contributed by atoms with Crippen LogP contribution in [0.3, 0.4) is 0 Å². The molecule has 0 aliphatic carbocycles. The Morgan fingerprint density at radius 2 is 2.00 bits per heavy atom. The predicted octanol–water partition coefficient (Wildman–Crippen LogP) is 7.08. The van der Waals surface area contributed by atoms with Crippen molar-refractivity contribution in [2.75, 3.05) is 0 Å². The Bertz CT molecular complexity index is 1120. The van der Waals surface area contributed by atoms with E-state index in [1.165, 1.54) is 11.3 Å². The van der Waals surface area contributed by atoms with E-state index >= 15 is 0 Å². The van der Waals surface area contributed by atoms with Gasteiger partial charge in [0.15, 0.2) is 11.9 Å². The zero-order valence-electron chi connectivity index (χ0n) is 16.6. The quantitative estimate of drug-likeness (QED) is 0.389. The molecule has 0 fully saturated rings. The Labute approximate surface area is 185 Å². The lowest BCUT2D eigenvalue weighted by atomic mass is 9.92. The number of nitrogens with zero attached hydrogens (tertiary/aromatic N) is 1. The molecule has 0 aliphatic rings. The van der Waals surface area contributed by atoms with Gasteiger partial charge in [0.25, 0.3) is 0 Å². The Balaban J connectivity index is 2.45. The fourth-order valence-corrected chi connectivity index (χ4v) is 4.86. The van der Waals surface area contributed by atoms with E-state index in [9.17, 15) is 14.3 Å². The summed E-state index contributed by atoms with van der Waals surface area (Å²) in [6.45, 7) is 9.02. The number of benzene rings is 1. The van der Waals surface area contributed by atoms with Crippen molar-refractivity contribution in [3.8, 4) is 11.1 Å². The fourth-order valence-electron chi connectivity index (χ4n) is 3.22. The number of halogens is 3. The van der Waals surface area contributed by atoms with Crippen LogP contribution >= 0.6 is 38.9 Å². The van der Waals surface area contributed by atoms with Crippen LogP contribution in [0.5, 0.6) is 0 Å². The molecule has 0 unspecified atom stereocenters. The number of aryl methyl sites for hydroxylation is 2. The van der Waals surface area contributed by atoms with Crippen LogP contribution < -0.4 is 0 Å². The number of carboxylic acids is 1. The van der Waals surface area contributed by atoms with Crippen LogP contribution in [-0.2, 0) is 9.53 Å². The van der Waals surface area contributed by atoms with E-state index in [2.05, 4.69) is 20.9 Å². The summed E-state index contributed by atoms with van der Waals surface area (Å²) in [5, 5.41) is 10.6. The van der Waals surface area contributed by atoms with Crippen molar-refractivity contribution in [1.82, 2.24) is 4.98 Å². The molecule has 3 aromatic rings. The van der Waals surface area contributed by atoms with Crippen molar-refractivity contribution in [3.63, 3.8) is 0 Å². The molecule has 0 bridgehead atoms. The number of hydrogen-bond acceptors (Lipinski definition) is 4. The third kappa shape index (κ3) is 4.33. The van der Waals surface area contributed by atoms with E-state index in [-0.39, 0.29) is 9.50 Å². The molecule has 0 amide bonds. The lowest BCUT2D eigenvalue weighted by Crippen LogP contribution is -2.28. The van der Waals surface area contributed by atoms with Crippen molar-refractivity contribution < 1.29 is 19.0 Å². The van der Waals surface area contributed by atoms with Crippen LogP contribution in [0.1, 0.15) is 43.0 Å². The molecular weight excluding hydrogens is 481 g/mol. The van der Waals surface area contributed by atoms with Crippen molar-refractivity contribution in [3.05, 3.63) is 49.6 Å². The number of aromatic nitrogens is 1. The Morgan fingerprint density at radius 3 is 2.59 bits per heavy atom. The Morgan fingerprint density at radius 1 is 1.34 bits per heavy atom. The van der Waals surface area contributed by atoms with Gasteiger partial charge in [-0.05, 0) is 62.7 Å². The van der Waals surface area contributed by atoms with E-state index in [4.69, 9.17) is 16.3 Å². The number of ether oxygens (including phenoxy) is 1. The zero-order valence-corrected chi connectivity index (χ0v) is 19.7. The predicted molar refractivity (Wildman–Crippen MR) is 118 cm³/mol. The van der Waals surface area contributed by atoms with Crippen molar-refractivity contribution in [2.45, 2.75) is 46.3 Å². The SMILES string of the molecule is Cc1cc2c(-c3ccc(Br)c(F)c3Cl)c([C@H](OC(C)(C)C)C(=O)O)c(C)nc2s1. The summed E-state index contributed by atoms with van der Waals surface area (Å²) in [6.07, 6.45) is -1.29. The molecule has 8 heteroatoms. The number of aliphatic carboxylic acids is 1. The van der Waals surface area contributed by atoms with Crippen molar-refractivity contribution in [2.24, 2.45) is 0 Å². The fraction of sp³-hybridized carbons (Fsp3) is 0.333. The lowest BCUT2D eigenvalue weighted by Gasteiger charge is -2.28.